The first kappa shape index (κ1) is 20.8. The van der Waals surface area contributed by atoms with Gasteiger partial charge in [0.2, 0.25) is 0 Å². The lowest BCUT2D eigenvalue weighted by Crippen LogP contribution is -2.51. The minimum atomic E-state index is 0.318. The van der Waals surface area contributed by atoms with Crippen LogP contribution >= 0.6 is 0 Å². The molecule has 27 heavy (non-hydrogen) atoms. The largest absolute Gasteiger partial charge is 0.379 e. The number of nitrogens with zero attached hydrogens (tertiary/aromatic N) is 3. The van der Waals surface area contributed by atoms with Crippen molar-refractivity contribution in [2.24, 2.45) is 5.41 Å². The zero-order valence-corrected chi connectivity index (χ0v) is 17.7. The molecule has 1 unspecified atom stereocenters. The monoisotopic (exact) mass is 373 g/mol. The van der Waals surface area contributed by atoms with Gasteiger partial charge in [0.15, 0.2) is 0 Å². The average molecular weight is 374 g/mol. The summed E-state index contributed by atoms with van der Waals surface area (Å²) in [6, 6.07) is 11.6. The molecule has 0 aliphatic carbocycles. The van der Waals surface area contributed by atoms with E-state index in [1.807, 2.05) is 0 Å². The van der Waals surface area contributed by atoms with Crippen LogP contribution in [0, 0.1) is 5.41 Å². The van der Waals surface area contributed by atoms with Crippen LogP contribution in [0.15, 0.2) is 30.3 Å². The topological polar surface area (TPSA) is 19.0 Å². The summed E-state index contributed by atoms with van der Waals surface area (Å²) in [5, 5.41) is 0. The first-order valence-corrected chi connectivity index (χ1v) is 10.8. The van der Waals surface area contributed by atoms with Gasteiger partial charge in [-0.2, -0.15) is 0 Å². The minimum Gasteiger partial charge on any atom is -0.379 e. The summed E-state index contributed by atoms with van der Waals surface area (Å²) in [6.07, 6.45) is 3.83. The van der Waals surface area contributed by atoms with Crippen molar-refractivity contribution >= 4 is 0 Å². The van der Waals surface area contributed by atoms with Crippen molar-refractivity contribution in [3.8, 4) is 0 Å². The van der Waals surface area contributed by atoms with Crippen molar-refractivity contribution in [3.63, 3.8) is 0 Å². The molecule has 2 aliphatic heterocycles. The van der Waals surface area contributed by atoms with E-state index < -0.39 is 0 Å². The van der Waals surface area contributed by atoms with Crippen LogP contribution < -0.4 is 0 Å². The second kappa shape index (κ2) is 10.0. The molecule has 2 aliphatic rings. The van der Waals surface area contributed by atoms with Crippen molar-refractivity contribution in [2.45, 2.75) is 39.2 Å². The quantitative estimate of drug-likeness (QED) is 0.697. The maximum Gasteiger partial charge on any atom is 0.0594 e. The molecule has 0 amide bonds. The lowest BCUT2D eigenvalue weighted by molar-refractivity contribution is 0.0106. The van der Waals surface area contributed by atoms with Gasteiger partial charge in [-0.1, -0.05) is 44.2 Å². The maximum absolute atomic E-state index is 5.50. The zero-order chi connectivity index (χ0) is 19.1. The van der Waals surface area contributed by atoms with Gasteiger partial charge in [-0.15, -0.1) is 0 Å². The summed E-state index contributed by atoms with van der Waals surface area (Å²) < 4.78 is 5.50. The highest BCUT2D eigenvalue weighted by Gasteiger charge is 2.29. The third-order valence-corrected chi connectivity index (χ3v) is 6.10. The normalized spacial score (nSPS) is 23.0. The van der Waals surface area contributed by atoms with Crippen LogP contribution in [0.25, 0.3) is 0 Å². The number of morpholine rings is 1. The Morgan fingerprint density at radius 2 is 1.81 bits per heavy atom. The SMILES string of the molecule is CN(CC(C)(C)CN1CCOCC1)C1CCCN(CCc2ccccc2)C1. The van der Waals surface area contributed by atoms with E-state index in [0.29, 0.717) is 11.5 Å². The molecule has 1 aromatic carbocycles. The van der Waals surface area contributed by atoms with E-state index in [0.717, 1.165) is 26.3 Å². The lowest BCUT2D eigenvalue weighted by atomic mass is 9.90. The third-order valence-electron chi connectivity index (χ3n) is 6.10. The van der Waals surface area contributed by atoms with Crippen LogP contribution in [-0.2, 0) is 11.2 Å². The van der Waals surface area contributed by atoms with Crippen LogP contribution in [0.3, 0.4) is 0 Å². The highest BCUT2D eigenvalue weighted by atomic mass is 16.5. The standard InChI is InChI=1S/C23H39N3O/c1-23(2,20-26-14-16-27-17-15-26)19-24(3)22-10-7-12-25(18-22)13-11-21-8-5-4-6-9-21/h4-6,8-9,22H,7,10-20H2,1-3H3. The Kier molecular flexibility index (Phi) is 7.71. The van der Waals surface area contributed by atoms with Gasteiger partial charge in [0.1, 0.15) is 0 Å². The Hall–Kier alpha value is -0.940. The molecular weight excluding hydrogens is 334 g/mol. The zero-order valence-electron chi connectivity index (χ0n) is 17.7. The van der Waals surface area contributed by atoms with E-state index in [2.05, 4.69) is 65.9 Å². The third kappa shape index (κ3) is 6.86. The summed E-state index contributed by atoms with van der Waals surface area (Å²) in [4.78, 5) is 7.88. The van der Waals surface area contributed by atoms with Gasteiger partial charge < -0.3 is 14.5 Å². The molecular formula is C23H39N3O. The maximum atomic E-state index is 5.50. The van der Waals surface area contributed by atoms with E-state index in [4.69, 9.17) is 4.74 Å². The molecule has 0 N–H and O–H groups in total. The van der Waals surface area contributed by atoms with E-state index in [-0.39, 0.29) is 0 Å². The predicted molar refractivity (Wildman–Crippen MR) is 113 cm³/mol. The number of likely N-dealkylation sites (tertiary alicyclic amines) is 1. The second-order valence-corrected chi connectivity index (χ2v) is 9.30. The number of likely N-dealkylation sites (N-methyl/N-ethyl adjacent to an activating group) is 1. The Morgan fingerprint density at radius 3 is 2.56 bits per heavy atom. The van der Waals surface area contributed by atoms with Crippen LogP contribution in [0.5, 0.6) is 0 Å². The second-order valence-electron chi connectivity index (χ2n) is 9.30. The summed E-state index contributed by atoms with van der Waals surface area (Å²) >= 11 is 0. The fourth-order valence-corrected chi connectivity index (χ4v) is 4.74. The summed E-state index contributed by atoms with van der Waals surface area (Å²) in [7, 11) is 2.34. The van der Waals surface area contributed by atoms with Crippen LogP contribution in [-0.4, -0.2) is 86.8 Å². The molecule has 0 aromatic heterocycles. The molecule has 4 nitrogen and oxygen atoms in total. The smallest absolute Gasteiger partial charge is 0.0594 e. The lowest BCUT2D eigenvalue weighted by Gasteiger charge is -2.42. The Morgan fingerprint density at radius 1 is 1.07 bits per heavy atom. The molecule has 2 heterocycles. The van der Waals surface area contributed by atoms with E-state index in [9.17, 15) is 0 Å². The van der Waals surface area contributed by atoms with Gasteiger partial charge in [0.05, 0.1) is 13.2 Å². The fourth-order valence-electron chi connectivity index (χ4n) is 4.74. The molecule has 0 bridgehead atoms. The Labute approximate surface area is 166 Å². The predicted octanol–water partition coefficient (Wildman–Crippen LogP) is 2.98. The van der Waals surface area contributed by atoms with E-state index >= 15 is 0 Å². The number of piperidine rings is 1. The highest BCUT2D eigenvalue weighted by molar-refractivity contribution is 5.14. The molecule has 3 rings (SSSR count). The first-order valence-electron chi connectivity index (χ1n) is 10.8. The number of ether oxygens (including phenoxy) is 1. The summed E-state index contributed by atoms with van der Waals surface area (Å²) in [5.74, 6) is 0. The van der Waals surface area contributed by atoms with Gasteiger partial charge >= 0.3 is 0 Å². The van der Waals surface area contributed by atoms with Crippen molar-refractivity contribution in [1.82, 2.24) is 14.7 Å². The van der Waals surface area contributed by atoms with Gasteiger partial charge in [-0.25, -0.2) is 0 Å². The van der Waals surface area contributed by atoms with Gasteiger partial charge in [-0.3, -0.25) is 4.90 Å². The van der Waals surface area contributed by atoms with Crippen molar-refractivity contribution in [2.75, 3.05) is 66.1 Å². The highest BCUT2D eigenvalue weighted by Crippen LogP contribution is 2.23. The Balaban J connectivity index is 1.44. The van der Waals surface area contributed by atoms with Gasteiger partial charge in [0, 0.05) is 45.3 Å². The summed E-state index contributed by atoms with van der Waals surface area (Å²) in [5.41, 5.74) is 1.78. The van der Waals surface area contributed by atoms with Crippen LogP contribution in [0.2, 0.25) is 0 Å². The van der Waals surface area contributed by atoms with Gasteiger partial charge in [-0.05, 0) is 43.8 Å². The molecule has 0 saturated carbocycles. The van der Waals surface area contributed by atoms with Crippen molar-refractivity contribution < 1.29 is 4.74 Å². The average Bonchev–Trinajstić information content (AvgIpc) is 2.67. The molecule has 0 radical (unpaired) electrons. The molecule has 4 heteroatoms. The van der Waals surface area contributed by atoms with Crippen LogP contribution in [0.4, 0.5) is 0 Å². The molecule has 2 fully saturated rings. The molecule has 2 saturated heterocycles. The molecule has 1 aromatic rings. The summed E-state index contributed by atoms with van der Waals surface area (Å²) in [6.45, 7) is 14.8. The minimum absolute atomic E-state index is 0.318. The van der Waals surface area contributed by atoms with Gasteiger partial charge in [0.25, 0.3) is 0 Å². The molecule has 152 valence electrons. The number of hydrogen-bond donors (Lipinski definition) is 0. The fraction of sp³-hybridized carbons (Fsp3) is 0.739. The number of benzene rings is 1. The van der Waals surface area contributed by atoms with E-state index in [1.165, 1.54) is 57.5 Å². The number of hydrogen-bond acceptors (Lipinski definition) is 4. The number of rotatable bonds is 8. The van der Waals surface area contributed by atoms with Crippen LogP contribution in [0.1, 0.15) is 32.3 Å². The van der Waals surface area contributed by atoms with Crippen molar-refractivity contribution in [1.29, 1.82) is 0 Å². The Bertz CT molecular complexity index is 542. The first-order chi connectivity index (χ1) is 13.0. The van der Waals surface area contributed by atoms with Crippen molar-refractivity contribution in [3.05, 3.63) is 35.9 Å². The van der Waals surface area contributed by atoms with E-state index in [1.54, 1.807) is 0 Å². The molecule has 0 spiro atoms. The molecule has 1 atom stereocenters.